The predicted octanol–water partition coefficient (Wildman–Crippen LogP) is 2.97. The highest BCUT2D eigenvalue weighted by Crippen LogP contribution is 2.21. The van der Waals surface area contributed by atoms with Gasteiger partial charge in [-0.1, -0.05) is 0 Å². The number of benzene rings is 1. The van der Waals surface area contributed by atoms with Gasteiger partial charge in [-0.25, -0.2) is 4.39 Å². The first-order valence-corrected chi connectivity index (χ1v) is 7.64. The average Bonchev–Trinajstić information content (AvgIpc) is 3.15. The predicted molar refractivity (Wildman–Crippen MR) is 87.3 cm³/mol. The highest BCUT2D eigenvalue weighted by molar-refractivity contribution is 5.62. The lowest BCUT2D eigenvalue weighted by atomic mass is 10.1. The minimum Gasteiger partial charge on any atom is -0.310 e. The Morgan fingerprint density at radius 2 is 2.00 bits per heavy atom. The number of hydrogen-bond acceptors (Lipinski definition) is 3. The van der Waals surface area contributed by atoms with Crippen LogP contribution in [0, 0.1) is 12.7 Å². The first kappa shape index (κ1) is 15.4. The lowest BCUT2D eigenvalue weighted by molar-refractivity contribution is 0.540. The molecular formula is C17H20FN5. The second-order valence-electron chi connectivity index (χ2n) is 5.81. The molecule has 0 saturated carbocycles. The van der Waals surface area contributed by atoms with Crippen LogP contribution >= 0.6 is 0 Å². The third-order valence-electron chi connectivity index (χ3n) is 3.77. The van der Waals surface area contributed by atoms with Crippen LogP contribution in [0.4, 0.5) is 4.39 Å². The molecule has 3 aromatic rings. The van der Waals surface area contributed by atoms with Crippen LogP contribution in [0.25, 0.3) is 11.3 Å². The van der Waals surface area contributed by atoms with Gasteiger partial charge in [-0.05, 0) is 44.2 Å². The van der Waals surface area contributed by atoms with Gasteiger partial charge in [0.05, 0.1) is 17.6 Å². The topological polar surface area (TPSA) is 69.4 Å². The molecule has 23 heavy (non-hydrogen) atoms. The maximum Gasteiger partial charge on any atom is 0.123 e. The Morgan fingerprint density at radius 3 is 2.70 bits per heavy atom. The van der Waals surface area contributed by atoms with Gasteiger partial charge in [0.2, 0.25) is 0 Å². The Kier molecular flexibility index (Phi) is 4.52. The molecule has 120 valence electrons. The first-order chi connectivity index (χ1) is 11.1. The van der Waals surface area contributed by atoms with Crippen molar-refractivity contribution in [3.8, 4) is 11.3 Å². The van der Waals surface area contributed by atoms with Crippen molar-refractivity contribution >= 4 is 0 Å². The first-order valence-electron chi connectivity index (χ1n) is 7.64. The Bertz CT molecular complexity index is 759. The number of aromatic nitrogens is 4. The average molecular weight is 313 g/mol. The van der Waals surface area contributed by atoms with E-state index in [9.17, 15) is 4.39 Å². The molecule has 3 rings (SSSR count). The number of nitrogens with one attached hydrogen (secondary N) is 3. The normalized spacial score (nSPS) is 12.5. The number of H-pyrrole nitrogens is 2. The fourth-order valence-electron chi connectivity index (χ4n) is 2.56. The van der Waals surface area contributed by atoms with E-state index in [-0.39, 0.29) is 11.9 Å². The quantitative estimate of drug-likeness (QED) is 0.655. The SMILES string of the molecule is Cc1cc(CC(C)NCc2cn[nH]c2-c2ccc(F)cc2)n[nH]1. The van der Waals surface area contributed by atoms with Gasteiger partial charge in [0.1, 0.15) is 5.82 Å². The Hall–Kier alpha value is -2.47. The molecule has 0 radical (unpaired) electrons. The zero-order chi connectivity index (χ0) is 16.2. The van der Waals surface area contributed by atoms with E-state index in [1.807, 2.05) is 6.92 Å². The van der Waals surface area contributed by atoms with Crippen molar-refractivity contribution < 1.29 is 4.39 Å². The summed E-state index contributed by atoms with van der Waals surface area (Å²) in [6.07, 6.45) is 2.66. The van der Waals surface area contributed by atoms with Gasteiger partial charge in [-0.3, -0.25) is 10.2 Å². The summed E-state index contributed by atoms with van der Waals surface area (Å²) in [6.45, 7) is 4.81. The summed E-state index contributed by atoms with van der Waals surface area (Å²) in [5, 5.41) is 17.8. The maximum atomic E-state index is 13.0. The van der Waals surface area contributed by atoms with Crippen LogP contribution < -0.4 is 5.32 Å². The molecule has 3 N–H and O–H groups in total. The monoisotopic (exact) mass is 313 g/mol. The number of hydrogen-bond donors (Lipinski definition) is 3. The van der Waals surface area contributed by atoms with E-state index in [1.165, 1.54) is 12.1 Å². The maximum absolute atomic E-state index is 13.0. The van der Waals surface area contributed by atoms with Crippen LogP contribution in [0.5, 0.6) is 0 Å². The minimum absolute atomic E-state index is 0.240. The van der Waals surface area contributed by atoms with E-state index >= 15 is 0 Å². The summed E-state index contributed by atoms with van der Waals surface area (Å²) < 4.78 is 13.0. The molecule has 0 spiro atoms. The molecule has 5 nitrogen and oxygen atoms in total. The van der Waals surface area contributed by atoms with Crippen LogP contribution in [0.1, 0.15) is 23.9 Å². The number of rotatable bonds is 6. The van der Waals surface area contributed by atoms with E-state index < -0.39 is 0 Å². The van der Waals surface area contributed by atoms with Gasteiger partial charge in [0, 0.05) is 35.8 Å². The number of aryl methyl sites for hydroxylation is 1. The standard InChI is InChI=1S/C17H20FN5/c1-11(7-16-8-12(2)21-22-16)19-9-14-10-20-23-17(14)13-3-5-15(18)6-4-13/h3-6,8,10-11,19H,7,9H2,1-2H3,(H,20,23)(H,21,22). The second-order valence-corrected chi connectivity index (χ2v) is 5.81. The van der Waals surface area contributed by atoms with E-state index in [1.54, 1.807) is 18.3 Å². The molecule has 6 heteroatoms. The molecule has 2 aromatic heterocycles. The molecule has 1 aromatic carbocycles. The number of halogens is 1. The van der Waals surface area contributed by atoms with E-state index in [0.717, 1.165) is 34.6 Å². The molecule has 0 amide bonds. The molecular weight excluding hydrogens is 293 g/mol. The molecule has 1 atom stereocenters. The largest absolute Gasteiger partial charge is 0.310 e. The number of nitrogens with zero attached hydrogens (tertiary/aromatic N) is 2. The van der Waals surface area contributed by atoms with Crippen molar-refractivity contribution in [1.82, 2.24) is 25.7 Å². The van der Waals surface area contributed by atoms with Crippen LogP contribution in [0.2, 0.25) is 0 Å². The summed E-state index contributed by atoms with van der Waals surface area (Å²) in [7, 11) is 0. The summed E-state index contributed by atoms with van der Waals surface area (Å²) in [6, 6.07) is 8.75. The van der Waals surface area contributed by atoms with Crippen molar-refractivity contribution in [1.29, 1.82) is 0 Å². The smallest absolute Gasteiger partial charge is 0.123 e. The lowest BCUT2D eigenvalue weighted by Crippen LogP contribution is -2.27. The molecule has 0 saturated heterocycles. The number of aromatic amines is 2. The second kappa shape index (κ2) is 6.75. The van der Waals surface area contributed by atoms with Crippen molar-refractivity contribution in [2.45, 2.75) is 32.9 Å². The Morgan fingerprint density at radius 1 is 1.22 bits per heavy atom. The molecule has 0 aliphatic rings. The van der Waals surface area contributed by atoms with E-state index in [2.05, 4.69) is 38.7 Å². The Balaban J connectivity index is 1.62. The van der Waals surface area contributed by atoms with Crippen LogP contribution in [0.15, 0.2) is 36.5 Å². The Labute approximate surface area is 134 Å². The van der Waals surface area contributed by atoms with E-state index in [4.69, 9.17) is 0 Å². The molecule has 2 heterocycles. The molecule has 0 aliphatic carbocycles. The highest BCUT2D eigenvalue weighted by atomic mass is 19.1. The summed E-state index contributed by atoms with van der Waals surface area (Å²) in [5.74, 6) is -0.240. The van der Waals surface area contributed by atoms with Crippen LogP contribution in [-0.4, -0.2) is 26.4 Å². The summed E-state index contributed by atoms with van der Waals surface area (Å²) in [4.78, 5) is 0. The van der Waals surface area contributed by atoms with Crippen molar-refractivity contribution in [3.05, 3.63) is 59.3 Å². The summed E-state index contributed by atoms with van der Waals surface area (Å²) in [5.41, 5.74) is 5.02. The highest BCUT2D eigenvalue weighted by Gasteiger charge is 2.10. The summed E-state index contributed by atoms with van der Waals surface area (Å²) >= 11 is 0. The van der Waals surface area contributed by atoms with Crippen molar-refractivity contribution in [2.24, 2.45) is 0 Å². The van der Waals surface area contributed by atoms with Gasteiger partial charge in [-0.15, -0.1) is 0 Å². The van der Waals surface area contributed by atoms with Crippen molar-refractivity contribution in [2.75, 3.05) is 0 Å². The fraction of sp³-hybridized carbons (Fsp3) is 0.294. The minimum atomic E-state index is -0.240. The zero-order valence-corrected chi connectivity index (χ0v) is 13.2. The third kappa shape index (κ3) is 3.84. The fourth-order valence-corrected chi connectivity index (χ4v) is 2.56. The zero-order valence-electron chi connectivity index (χ0n) is 13.2. The molecule has 0 aliphatic heterocycles. The van der Waals surface area contributed by atoms with Gasteiger partial charge in [0.15, 0.2) is 0 Å². The molecule has 0 bridgehead atoms. The van der Waals surface area contributed by atoms with Gasteiger partial charge < -0.3 is 5.32 Å². The molecule has 0 fully saturated rings. The van der Waals surface area contributed by atoms with Crippen LogP contribution in [-0.2, 0) is 13.0 Å². The van der Waals surface area contributed by atoms with Gasteiger partial charge >= 0.3 is 0 Å². The molecule has 1 unspecified atom stereocenters. The van der Waals surface area contributed by atoms with Gasteiger partial charge in [0.25, 0.3) is 0 Å². The lowest BCUT2D eigenvalue weighted by Gasteiger charge is -2.12. The van der Waals surface area contributed by atoms with Crippen molar-refractivity contribution in [3.63, 3.8) is 0 Å². The third-order valence-corrected chi connectivity index (χ3v) is 3.77. The van der Waals surface area contributed by atoms with Crippen LogP contribution in [0.3, 0.4) is 0 Å². The van der Waals surface area contributed by atoms with E-state index in [0.29, 0.717) is 6.54 Å². The van der Waals surface area contributed by atoms with Gasteiger partial charge in [-0.2, -0.15) is 10.2 Å².